The van der Waals surface area contributed by atoms with Crippen LogP contribution in [0, 0.1) is 17.8 Å². The molecule has 3 rings (SSSR count). The number of benzene rings is 1. The van der Waals surface area contributed by atoms with Gasteiger partial charge in [-0.25, -0.2) is 0 Å². The summed E-state index contributed by atoms with van der Waals surface area (Å²) >= 11 is 0. The number of hydrogen-bond donors (Lipinski definition) is 3. The molecule has 0 aromatic heterocycles. The van der Waals surface area contributed by atoms with Crippen molar-refractivity contribution in [3.8, 4) is 5.75 Å². The molecule has 1 saturated heterocycles. The Morgan fingerprint density at radius 3 is 2.74 bits per heavy atom. The number of rotatable bonds is 12. The molecule has 7 heteroatoms. The molecule has 7 nitrogen and oxygen atoms in total. The zero-order chi connectivity index (χ0) is 25.4. The van der Waals surface area contributed by atoms with Gasteiger partial charge in [0.1, 0.15) is 5.75 Å². The molecule has 0 spiro atoms. The highest BCUT2D eigenvalue weighted by Crippen LogP contribution is 2.44. The van der Waals surface area contributed by atoms with E-state index in [0.717, 1.165) is 43.4 Å². The summed E-state index contributed by atoms with van der Waals surface area (Å²) in [5.74, 6) is 0.879. The van der Waals surface area contributed by atoms with Crippen LogP contribution in [0.25, 0.3) is 0 Å². The van der Waals surface area contributed by atoms with Crippen LogP contribution in [-0.2, 0) is 15.1 Å². The average molecular weight is 491 g/mol. The third-order valence-corrected chi connectivity index (χ3v) is 8.06. The molecule has 0 bridgehead atoms. The molecule has 2 fully saturated rings. The van der Waals surface area contributed by atoms with E-state index in [1.807, 2.05) is 29.2 Å². The molecule has 1 aromatic carbocycles. The van der Waals surface area contributed by atoms with Crippen LogP contribution in [0.5, 0.6) is 5.75 Å². The smallest absolute Gasteiger partial charge is 0.225 e. The predicted octanol–water partition coefficient (Wildman–Crippen LogP) is 3.45. The third-order valence-electron chi connectivity index (χ3n) is 8.06. The van der Waals surface area contributed by atoms with Crippen LogP contribution < -0.4 is 10.5 Å². The number of para-hydroxylation sites is 1. The van der Waals surface area contributed by atoms with E-state index in [0.29, 0.717) is 51.5 Å². The number of nitrogens with zero attached hydrogens (tertiary/aromatic N) is 1. The normalized spacial score (nSPS) is 27.4. The molecule has 1 aromatic rings. The molecule has 2 aliphatic rings. The Bertz CT molecular complexity index is 795. The van der Waals surface area contributed by atoms with Crippen LogP contribution >= 0.6 is 0 Å². The second-order valence-corrected chi connectivity index (χ2v) is 10.7. The first-order valence-corrected chi connectivity index (χ1v) is 13.5. The Kier molecular flexibility index (Phi) is 10.4. The lowest BCUT2D eigenvalue weighted by Gasteiger charge is -2.44. The van der Waals surface area contributed by atoms with E-state index in [4.69, 9.17) is 15.2 Å². The maximum atomic E-state index is 13.3. The maximum Gasteiger partial charge on any atom is 0.225 e. The summed E-state index contributed by atoms with van der Waals surface area (Å²) in [6.45, 7) is 6.75. The highest BCUT2D eigenvalue weighted by Gasteiger charge is 2.44. The van der Waals surface area contributed by atoms with Crippen LogP contribution in [-0.4, -0.2) is 66.6 Å². The average Bonchev–Trinajstić information content (AvgIpc) is 3.22. The number of carbonyl (C=O) groups is 1. The fourth-order valence-electron chi connectivity index (χ4n) is 5.57. The Morgan fingerprint density at radius 2 is 2.06 bits per heavy atom. The molecule has 3 unspecified atom stereocenters. The van der Waals surface area contributed by atoms with Crippen molar-refractivity contribution in [3.63, 3.8) is 0 Å². The lowest BCUT2D eigenvalue weighted by Crippen LogP contribution is -2.49. The minimum Gasteiger partial charge on any atom is -0.493 e. The van der Waals surface area contributed by atoms with Crippen molar-refractivity contribution in [2.24, 2.45) is 23.5 Å². The molecular formula is C28H46N2O5. The molecule has 1 heterocycles. The summed E-state index contributed by atoms with van der Waals surface area (Å²) in [5, 5.41) is 22.4. The van der Waals surface area contributed by atoms with Gasteiger partial charge in [-0.2, -0.15) is 0 Å². The van der Waals surface area contributed by atoms with E-state index in [1.165, 1.54) is 0 Å². The first-order chi connectivity index (χ1) is 16.8. The largest absolute Gasteiger partial charge is 0.493 e. The van der Waals surface area contributed by atoms with Gasteiger partial charge in [-0.15, -0.1) is 0 Å². The van der Waals surface area contributed by atoms with E-state index < -0.39 is 11.7 Å². The van der Waals surface area contributed by atoms with Gasteiger partial charge in [-0.3, -0.25) is 4.79 Å². The molecule has 198 valence electrons. The number of aliphatic hydroxyl groups is 2. The van der Waals surface area contributed by atoms with E-state index in [2.05, 4.69) is 13.8 Å². The maximum absolute atomic E-state index is 13.3. The lowest BCUT2D eigenvalue weighted by atomic mass is 9.73. The van der Waals surface area contributed by atoms with Gasteiger partial charge in [-0.05, 0) is 56.9 Å². The summed E-state index contributed by atoms with van der Waals surface area (Å²) in [4.78, 5) is 15.2. The lowest BCUT2D eigenvalue weighted by molar-refractivity contribution is -0.141. The van der Waals surface area contributed by atoms with E-state index >= 15 is 0 Å². The zero-order valence-electron chi connectivity index (χ0n) is 21.8. The van der Waals surface area contributed by atoms with Crippen molar-refractivity contribution >= 4 is 5.91 Å². The first-order valence-electron chi connectivity index (χ1n) is 13.5. The zero-order valence-corrected chi connectivity index (χ0v) is 21.8. The fourth-order valence-corrected chi connectivity index (χ4v) is 5.57. The van der Waals surface area contributed by atoms with Crippen LogP contribution in [0.2, 0.25) is 0 Å². The van der Waals surface area contributed by atoms with Crippen molar-refractivity contribution in [2.75, 3.05) is 33.4 Å². The number of carbonyl (C=O) groups excluding carboxylic acids is 1. The molecule has 1 saturated carbocycles. The number of aliphatic hydroxyl groups excluding tert-OH is 1. The summed E-state index contributed by atoms with van der Waals surface area (Å²) in [5.41, 5.74) is 5.69. The van der Waals surface area contributed by atoms with Crippen molar-refractivity contribution in [1.82, 2.24) is 4.90 Å². The van der Waals surface area contributed by atoms with Crippen LogP contribution in [0.3, 0.4) is 0 Å². The quantitative estimate of drug-likeness (QED) is 0.388. The highest BCUT2D eigenvalue weighted by atomic mass is 16.5. The Hall–Kier alpha value is -1.67. The molecule has 1 aliphatic heterocycles. The molecule has 35 heavy (non-hydrogen) atoms. The number of likely N-dealkylation sites (tertiary alicyclic amines) is 1. The summed E-state index contributed by atoms with van der Waals surface area (Å²) in [6, 6.07) is 7.50. The fraction of sp³-hybridized carbons (Fsp3) is 0.750. The second-order valence-electron chi connectivity index (χ2n) is 10.7. The summed E-state index contributed by atoms with van der Waals surface area (Å²) in [6.07, 6.45) is 5.31. The number of methoxy groups -OCH3 is 1. The Balaban J connectivity index is 1.83. The number of unbranched alkanes of at least 4 members (excludes halogenated alkanes) is 1. The van der Waals surface area contributed by atoms with Gasteiger partial charge < -0.3 is 30.3 Å². The van der Waals surface area contributed by atoms with Crippen LogP contribution in [0.15, 0.2) is 24.3 Å². The monoisotopic (exact) mass is 490 g/mol. The molecule has 0 radical (unpaired) electrons. The van der Waals surface area contributed by atoms with E-state index in [1.54, 1.807) is 7.11 Å². The van der Waals surface area contributed by atoms with Gasteiger partial charge in [0, 0.05) is 50.2 Å². The molecule has 1 amide bonds. The van der Waals surface area contributed by atoms with Gasteiger partial charge in [-0.1, -0.05) is 38.5 Å². The molecule has 4 N–H and O–H groups in total. The number of piperidine rings is 1. The van der Waals surface area contributed by atoms with Gasteiger partial charge >= 0.3 is 0 Å². The van der Waals surface area contributed by atoms with E-state index in [-0.39, 0.29) is 23.8 Å². The minimum atomic E-state index is -1.11. The van der Waals surface area contributed by atoms with Gasteiger partial charge in [0.2, 0.25) is 5.91 Å². The van der Waals surface area contributed by atoms with Crippen LogP contribution in [0.1, 0.15) is 70.8 Å². The van der Waals surface area contributed by atoms with Gasteiger partial charge in [0.25, 0.3) is 0 Å². The summed E-state index contributed by atoms with van der Waals surface area (Å²) in [7, 11) is 1.70. The van der Waals surface area contributed by atoms with Crippen molar-refractivity contribution < 1.29 is 24.5 Å². The third kappa shape index (κ3) is 6.97. The predicted molar refractivity (Wildman–Crippen MR) is 137 cm³/mol. The van der Waals surface area contributed by atoms with Gasteiger partial charge in [0.15, 0.2) is 0 Å². The number of nitrogens with two attached hydrogens (primary N) is 1. The number of amides is 1. The van der Waals surface area contributed by atoms with E-state index in [9.17, 15) is 15.0 Å². The standard InChI is InChI=1S/C28H46N2O5/c1-4-20(2)19-35-26-12-6-5-11-23(26)28(33,13-7-8-15-34-3)22-10-9-14-30(18-22)27(32)21-16-24(29)25(31)17-21/h5-6,11-12,20-22,24-25,31,33H,4,7-10,13-19,29H2,1-3H3/t20?,21-,22?,24+,25-,28?/m0/s1. The highest BCUT2D eigenvalue weighted by molar-refractivity contribution is 5.79. The molecule has 1 aliphatic carbocycles. The second kappa shape index (κ2) is 13.0. The topological polar surface area (TPSA) is 105 Å². The number of hydrogen-bond acceptors (Lipinski definition) is 6. The minimum absolute atomic E-state index is 0.0599. The van der Waals surface area contributed by atoms with Crippen LogP contribution in [0.4, 0.5) is 0 Å². The van der Waals surface area contributed by atoms with Crippen molar-refractivity contribution in [1.29, 1.82) is 0 Å². The van der Waals surface area contributed by atoms with Crippen molar-refractivity contribution in [2.45, 2.75) is 83.0 Å². The Labute approximate surface area is 211 Å². The van der Waals surface area contributed by atoms with Crippen molar-refractivity contribution in [3.05, 3.63) is 29.8 Å². The first kappa shape index (κ1) is 27.9. The van der Waals surface area contributed by atoms with Gasteiger partial charge in [0.05, 0.1) is 18.3 Å². The Morgan fingerprint density at radius 1 is 1.29 bits per heavy atom. The molecule has 6 atom stereocenters. The SMILES string of the molecule is CCC(C)COc1ccccc1C(O)(CCCCOC)C1CCCN(C(=O)[C@H]2C[C@@H](N)[C@@H](O)C2)C1. The molecular weight excluding hydrogens is 444 g/mol. The summed E-state index contributed by atoms with van der Waals surface area (Å²) < 4.78 is 11.5. The number of ether oxygens (including phenoxy) is 2.